The van der Waals surface area contributed by atoms with Crippen LogP contribution in [0, 0.1) is 0 Å². The summed E-state index contributed by atoms with van der Waals surface area (Å²) in [6.07, 6.45) is 3.76. The molecule has 0 bridgehead atoms. The standard InChI is InChI=1S/C17H26N2O2/c1-2-9-18-14-15-6-3-7-16(13-15)21-12-5-11-19-10-4-8-17(19)20/h3,6-7,13,18H,2,4-5,8-12,14H2,1H3. The monoisotopic (exact) mass is 290 g/mol. The van der Waals surface area contributed by atoms with Crippen LogP contribution in [-0.2, 0) is 11.3 Å². The van der Waals surface area contributed by atoms with Crippen LogP contribution < -0.4 is 10.1 Å². The van der Waals surface area contributed by atoms with Crippen molar-refractivity contribution in [2.45, 2.75) is 39.2 Å². The van der Waals surface area contributed by atoms with Crippen molar-refractivity contribution in [2.24, 2.45) is 0 Å². The van der Waals surface area contributed by atoms with E-state index in [4.69, 9.17) is 4.74 Å². The van der Waals surface area contributed by atoms with Crippen LogP contribution in [0.4, 0.5) is 0 Å². The lowest BCUT2D eigenvalue weighted by Gasteiger charge is -2.15. The number of nitrogens with one attached hydrogen (secondary N) is 1. The van der Waals surface area contributed by atoms with Gasteiger partial charge in [0.1, 0.15) is 5.75 Å². The van der Waals surface area contributed by atoms with E-state index in [0.717, 1.165) is 51.2 Å². The zero-order valence-corrected chi connectivity index (χ0v) is 12.9. The number of carbonyl (C=O) groups excluding carboxylic acids is 1. The minimum Gasteiger partial charge on any atom is -0.494 e. The topological polar surface area (TPSA) is 41.6 Å². The second kappa shape index (κ2) is 8.67. The molecule has 1 N–H and O–H groups in total. The Morgan fingerprint density at radius 3 is 3.05 bits per heavy atom. The van der Waals surface area contributed by atoms with Gasteiger partial charge in [0.05, 0.1) is 6.61 Å². The van der Waals surface area contributed by atoms with Crippen molar-refractivity contribution in [1.29, 1.82) is 0 Å². The SMILES string of the molecule is CCCNCc1cccc(OCCCN2CCCC2=O)c1. The third kappa shape index (κ3) is 5.38. The van der Waals surface area contributed by atoms with Gasteiger partial charge in [-0.3, -0.25) is 4.79 Å². The Hall–Kier alpha value is -1.55. The molecule has 0 atom stereocenters. The van der Waals surface area contributed by atoms with Gasteiger partial charge in [-0.1, -0.05) is 19.1 Å². The molecular formula is C17H26N2O2. The smallest absolute Gasteiger partial charge is 0.222 e. The van der Waals surface area contributed by atoms with Gasteiger partial charge in [0.2, 0.25) is 5.91 Å². The highest BCUT2D eigenvalue weighted by Crippen LogP contribution is 2.14. The first kappa shape index (κ1) is 15.8. The molecule has 1 aromatic rings. The molecule has 4 nitrogen and oxygen atoms in total. The van der Waals surface area contributed by atoms with Crippen LogP contribution in [0.5, 0.6) is 5.75 Å². The van der Waals surface area contributed by atoms with Crippen molar-refractivity contribution in [2.75, 3.05) is 26.2 Å². The summed E-state index contributed by atoms with van der Waals surface area (Å²) in [6, 6.07) is 8.22. The number of carbonyl (C=O) groups is 1. The number of amides is 1. The third-order valence-corrected chi connectivity index (χ3v) is 3.67. The maximum absolute atomic E-state index is 11.5. The van der Waals surface area contributed by atoms with E-state index >= 15 is 0 Å². The van der Waals surface area contributed by atoms with Crippen molar-refractivity contribution in [3.8, 4) is 5.75 Å². The summed E-state index contributed by atoms with van der Waals surface area (Å²) in [5, 5.41) is 3.39. The van der Waals surface area contributed by atoms with Crippen LogP contribution in [-0.4, -0.2) is 37.0 Å². The van der Waals surface area contributed by atoms with E-state index in [1.165, 1.54) is 5.56 Å². The summed E-state index contributed by atoms with van der Waals surface area (Å²) in [5.74, 6) is 1.21. The molecule has 0 spiro atoms. The molecule has 0 aliphatic carbocycles. The molecule has 1 aliphatic rings. The Bertz CT molecular complexity index is 448. The van der Waals surface area contributed by atoms with Crippen molar-refractivity contribution in [3.05, 3.63) is 29.8 Å². The maximum Gasteiger partial charge on any atom is 0.222 e. The molecule has 2 rings (SSSR count). The molecule has 1 aliphatic heterocycles. The van der Waals surface area contributed by atoms with Gasteiger partial charge >= 0.3 is 0 Å². The highest BCUT2D eigenvalue weighted by molar-refractivity contribution is 5.77. The summed E-state index contributed by atoms with van der Waals surface area (Å²) in [4.78, 5) is 13.4. The molecule has 1 amide bonds. The first-order chi connectivity index (χ1) is 10.3. The summed E-state index contributed by atoms with van der Waals surface area (Å²) in [5.41, 5.74) is 1.25. The van der Waals surface area contributed by atoms with Gasteiger partial charge in [-0.2, -0.15) is 0 Å². The van der Waals surface area contributed by atoms with Crippen LogP contribution in [0.1, 0.15) is 38.2 Å². The fraction of sp³-hybridized carbons (Fsp3) is 0.588. The summed E-state index contributed by atoms with van der Waals surface area (Å²) < 4.78 is 5.78. The Morgan fingerprint density at radius 2 is 2.29 bits per heavy atom. The first-order valence-corrected chi connectivity index (χ1v) is 8.00. The Balaban J connectivity index is 1.67. The van der Waals surface area contributed by atoms with Gasteiger partial charge in [-0.05, 0) is 43.5 Å². The van der Waals surface area contributed by atoms with E-state index in [2.05, 4.69) is 24.4 Å². The van der Waals surface area contributed by atoms with Crippen LogP contribution >= 0.6 is 0 Å². The minimum absolute atomic E-state index is 0.291. The van der Waals surface area contributed by atoms with E-state index < -0.39 is 0 Å². The van der Waals surface area contributed by atoms with Crippen LogP contribution in [0.15, 0.2) is 24.3 Å². The number of hydrogen-bond donors (Lipinski definition) is 1. The zero-order chi connectivity index (χ0) is 14.9. The molecule has 0 saturated carbocycles. The largest absolute Gasteiger partial charge is 0.494 e. The molecule has 4 heteroatoms. The summed E-state index contributed by atoms with van der Waals surface area (Å²) in [7, 11) is 0. The lowest BCUT2D eigenvalue weighted by atomic mass is 10.2. The lowest BCUT2D eigenvalue weighted by molar-refractivity contribution is -0.127. The van der Waals surface area contributed by atoms with Gasteiger partial charge < -0.3 is 15.0 Å². The Kier molecular flexibility index (Phi) is 6.54. The van der Waals surface area contributed by atoms with Gasteiger partial charge in [-0.15, -0.1) is 0 Å². The lowest BCUT2D eigenvalue weighted by Crippen LogP contribution is -2.26. The number of hydrogen-bond acceptors (Lipinski definition) is 3. The van der Waals surface area contributed by atoms with Gasteiger partial charge in [0.25, 0.3) is 0 Å². The molecule has 0 unspecified atom stereocenters. The predicted octanol–water partition coefficient (Wildman–Crippen LogP) is 2.58. The van der Waals surface area contributed by atoms with E-state index in [0.29, 0.717) is 18.9 Å². The second-order valence-electron chi connectivity index (χ2n) is 5.51. The summed E-state index contributed by atoms with van der Waals surface area (Å²) >= 11 is 0. The molecule has 0 aromatic heterocycles. The maximum atomic E-state index is 11.5. The molecule has 21 heavy (non-hydrogen) atoms. The van der Waals surface area contributed by atoms with Crippen molar-refractivity contribution < 1.29 is 9.53 Å². The summed E-state index contributed by atoms with van der Waals surface area (Å²) in [6.45, 7) is 6.48. The fourth-order valence-electron chi connectivity index (χ4n) is 2.54. The minimum atomic E-state index is 0.291. The number of likely N-dealkylation sites (tertiary alicyclic amines) is 1. The molecule has 1 fully saturated rings. The number of nitrogens with zero attached hydrogens (tertiary/aromatic N) is 1. The number of rotatable bonds is 9. The van der Waals surface area contributed by atoms with Crippen molar-refractivity contribution in [3.63, 3.8) is 0 Å². The van der Waals surface area contributed by atoms with E-state index in [9.17, 15) is 4.79 Å². The Labute approximate surface area is 127 Å². The van der Waals surface area contributed by atoms with Crippen molar-refractivity contribution in [1.82, 2.24) is 10.2 Å². The highest BCUT2D eigenvalue weighted by Gasteiger charge is 2.18. The van der Waals surface area contributed by atoms with Crippen LogP contribution in [0.25, 0.3) is 0 Å². The number of benzene rings is 1. The number of ether oxygens (including phenoxy) is 1. The van der Waals surface area contributed by atoms with Crippen LogP contribution in [0.2, 0.25) is 0 Å². The Morgan fingerprint density at radius 1 is 1.38 bits per heavy atom. The average molecular weight is 290 g/mol. The van der Waals surface area contributed by atoms with Gasteiger partial charge in [-0.25, -0.2) is 0 Å². The zero-order valence-electron chi connectivity index (χ0n) is 12.9. The highest BCUT2D eigenvalue weighted by atomic mass is 16.5. The van der Waals surface area contributed by atoms with Gasteiger partial charge in [0.15, 0.2) is 0 Å². The average Bonchev–Trinajstić information content (AvgIpc) is 2.90. The van der Waals surface area contributed by atoms with E-state index in [-0.39, 0.29) is 0 Å². The second-order valence-corrected chi connectivity index (χ2v) is 5.51. The molecule has 1 saturated heterocycles. The third-order valence-electron chi connectivity index (χ3n) is 3.67. The van der Waals surface area contributed by atoms with Gasteiger partial charge in [0, 0.05) is 26.1 Å². The normalized spacial score (nSPS) is 14.7. The first-order valence-electron chi connectivity index (χ1n) is 8.00. The van der Waals surface area contributed by atoms with E-state index in [1.807, 2.05) is 17.0 Å². The predicted molar refractivity (Wildman–Crippen MR) is 84.4 cm³/mol. The fourth-order valence-corrected chi connectivity index (χ4v) is 2.54. The van der Waals surface area contributed by atoms with Crippen molar-refractivity contribution >= 4 is 5.91 Å². The molecule has 116 valence electrons. The van der Waals surface area contributed by atoms with E-state index in [1.54, 1.807) is 0 Å². The molecule has 0 radical (unpaired) electrons. The van der Waals surface area contributed by atoms with Crippen LogP contribution in [0.3, 0.4) is 0 Å². The quantitative estimate of drug-likeness (QED) is 0.711. The molecular weight excluding hydrogens is 264 g/mol. The molecule has 1 aromatic carbocycles. The molecule has 1 heterocycles.